The van der Waals surface area contributed by atoms with E-state index in [1.165, 1.54) is 0 Å². The molecule has 0 spiro atoms. The van der Waals surface area contributed by atoms with Gasteiger partial charge in [0.05, 0.1) is 25.8 Å². The van der Waals surface area contributed by atoms with Crippen LogP contribution in [0.2, 0.25) is 0 Å². The number of anilines is 1. The van der Waals surface area contributed by atoms with Crippen molar-refractivity contribution in [2.24, 2.45) is 0 Å². The van der Waals surface area contributed by atoms with Gasteiger partial charge in [-0.3, -0.25) is 0 Å². The molecule has 0 saturated carbocycles. The van der Waals surface area contributed by atoms with Crippen molar-refractivity contribution >= 4 is 16.7 Å². The van der Waals surface area contributed by atoms with Gasteiger partial charge in [-0.15, -0.1) is 0 Å². The normalized spacial score (nSPS) is 10.7. The smallest absolute Gasteiger partial charge is 0.126 e. The van der Waals surface area contributed by atoms with Crippen molar-refractivity contribution in [2.45, 2.75) is 6.61 Å². The first-order valence-electron chi connectivity index (χ1n) is 7.65. The van der Waals surface area contributed by atoms with Crippen molar-refractivity contribution in [1.29, 1.82) is 0 Å². The Hall–Kier alpha value is -2.59. The Bertz CT molecular complexity index is 774. The fraction of sp³-hybridized carbons (Fsp3) is 0.211. The molecule has 1 heterocycles. The minimum absolute atomic E-state index is 0.573. The van der Waals surface area contributed by atoms with E-state index in [2.05, 4.69) is 22.4 Å². The molecule has 0 fully saturated rings. The third kappa shape index (κ3) is 4.20. The van der Waals surface area contributed by atoms with Gasteiger partial charge in [0.2, 0.25) is 0 Å². The maximum atomic E-state index is 5.68. The molecule has 4 nitrogen and oxygen atoms in total. The lowest BCUT2D eigenvalue weighted by molar-refractivity contribution is 0.130. The minimum Gasteiger partial charge on any atom is -0.497 e. The van der Waals surface area contributed by atoms with E-state index >= 15 is 0 Å². The van der Waals surface area contributed by atoms with Crippen molar-refractivity contribution in [3.05, 3.63) is 66.2 Å². The van der Waals surface area contributed by atoms with Gasteiger partial charge in [0.1, 0.15) is 11.6 Å². The van der Waals surface area contributed by atoms with Crippen LogP contribution in [-0.2, 0) is 11.3 Å². The fourth-order valence-electron chi connectivity index (χ4n) is 2.37. The van der Waals surface area contributed by atoms with Crippen LogP contribution in [0.25, 0.3) is 10.9 Å². The van der Waals surface area contributed by atoms with E-state index in [1.807, 2.05) is 48.5 Å². The van der Waals surface area contributed by atoms with Gasteiger partial charge in [0.25, 0.3) is 0 Å². The standard InChI is InChI=1S/C19H20N2O2/c1-22-17-7-4-5-15(13-17)14-23-12-11-20-19-10-9-16-6-2-3-8-18(16)21-19/h2-10,13H,11-12,14H2,1H3,(H,20,21). The lowest BCUT2D eigenvalue weighted by atomic mass is 10.2. The van der Waals surface area contributed by atoms with Gasteiger partial charge >= 0.3 is 0 Å². The Morgan fingerprint density at radius 3 is 2.83 bits per heavy atom. The first kappa shape index (κ1) is 15.3. The highest BCUT2D eigenvalue weighted by atomic mass is 16.5. The summed E-state index contributed by atoms with van der Waals surface area (Å²) >= 11 is 0. The lowest BCUT2D eigenvalue weighted by Crippen LogP contribution is -2.10. The van der Waals surface area contributed by atoms with Crippen molar-refractivity contribution in [3.63, 3.8) is 0 Å². The molecule has 3 aromatic rings. The first-order valence-corrected chi connectivity index (χ1v) is 7.65. The van der Waals surface area contributed by atoms with Crippen LogP contribution < -0.4 is 10.1 Å². The van der Waals surface area contributed by atoms with Gasteiger partial charge in [-0.25, -0.2) is 4.98 Å². The zero-order valence-electron chi connectivity index (χ0n) is 13.2. The summed E-state index contributed by atoms with van der Waals surface area (Å²) in [6.07, 6.45) is 0. The zero-order valence-corrected chi connectivity index (χ0v) is 13.2. The van der Waals surface area contributed by atoms with Gasteiger partial charge in [0.15, 0.2) is 0 Å². The van der Waals surface area contributed by atoms with E-state index in [9.17, 15) is 0 Å². The average Bonchev–Trinajstić information content (AvgIpc) is 2.61. The Morgan fingerprint density at radius 2 is 1.91 bits per heavy atom. The van der Waals surface area contributed by atoms with E-state index < -0.39 is 0 Å². The molecule has 0 saturated heterocycles. The van der Waals surface area contributed by atoms with Crippen molar-refractivity contribution in [2.75, 3.05) is 25.6 Å². The number of fused-ring (bicyclic) bond motifs is 1. The molecule has 0 atom stereocenters. The summed E-state index contributed by atoms with van der Waals surface area (Å²) in [7, 11) is 1.67. The highest BCUT2D eigenvalue weighted by Gasteiger charge is 1.98. The number of nitrogens with one attached hydrogen (secondary N) is 1. The number of nitrogens with zero attached hydrogens (tertiary/aromatic N) is 1. The minimum atomic E-state index is 0.573. The SMILES string of the molecule is COc1cccc(COCCNc2ccc3ccccc3n2)c1. The predicted octanol–water partition coefficient (Wildman–Crippen LogP) is 3.87. The van der Waals surface area contributed by atoms with Crippen LogP contribution in [0.15, 0.2) is 60.7 Å². The van der Waals surface area contributed by atoms with Gasteiger partial charge in [0, 0.05) is 11.9 Å². The van der Waals surface area contributed by atoms with Gasteiger partial charge in [-0.05, 0) is 35.9 Å². The van der Waals surface area contributed by atoms with E-state index in [1.54, 1.807) is 7.11 Å². The molecule has 0 aliphatic carbocycles. The molecule has 0 amide bonds. The first-order chi connectivity index (χ1) is 11.3. The molecule has 4 heteroatoms. The van der Waals surface area contributed by atoms with Gasteiger partial charge < -0.3 is 14.8 Å². The molecule has 2 aromatic carbocycles. The van der Waals surface area contributed by atoms with Crippen LogP contribution in [0.5, 0.6) is 5.75 Å². The molecule has 0 aliphatic heterocycles. The number of hydrogen-bond acceptors (Lipinski definition) is 4. The van der Waals surface area contributed by atoms with Crippen LogP contribution in [0.4, 0.5) is 5.82 Å². The number of pyridine rings is 1. The van der Waals surface area contributed by atoms with Crippen LogP contribution in [0.3, 0.4) is 0 Å². The van der Waals surface area contributed by atoms with E-state index in [0.717, 1.165) is 34.6 Å². The molecule has 1 N–H and O–H groups in total. The molecule has 3 rings (SSSR count). The van der Waals surface area contributed by atoms with Crippen molar-refractivity contribution in [3.8, 4) is 5.75 Å². The van der Waals surface area contributed by atoms with Crippen LogP contribution in [0, 0.1) is 0 Å². The molecular weight excluding hydrogens is 288 g/mol. The number of ether oxygens (including phenoxy) is 2. The second-order valence-corrected chi connectivity index (χ2v) is 5.22. The summed E-state index contributed by atoms with van der Waals surface area (Å²) < 4.78 is 10.9. The third-order valence-corrected chi connectivity index (χ3v) is 3.55. The predicted molar refractivity (Wildman–Crippen MR) is 92.9 cm³/mol. The zero-order chi connectivity index (χ0) is 15.9. The molecular formula is C19H20N2O2. The summed E-state index contributed by atoms with van der Waals surface area (Å²) in [5.74, 6) is 1.72. The number of aromatic nitrogens is 1. The van der Waals surface area contributed by atoms with Crippen molar-refractivity contribution in [1.82, 2.24) is 4.98 Å². The Balaban J connectivity index is 1.45. The third-order valence-electron chi connectivity index (χ3n) is 3.55. The largest absolute Gasteiger partial charge is 0.497 e. The monoisotopic (exact) mass is 308 g/mol. The number of hydrogen-bond donors (Lipinski definition) is 1. The Kier molecular flexibility index (Phi) is 5.06. The molecule has 0 radical (unpaired) electrons. The molecule has 23 heavy (non-hydrogen) atoms. The van der Waals surface area contributed by atoms with Crippen LogP contribution in [-0.4, -0.2) is 25.2 Å². The van der Waals surface area contributed by atoms with Crippen LogP contribution >= 0.6 is 0 Å². The second kappa shape index (κ2) is 7.61. The van der Waals surface area contributed by atoms with Gasteiger partial charge in [-0.2, -0.15) is 0 Å². The quantitative estimate of drug-likeness (QED) is 0.673. The number of para-hydroxylation sites is 1. The summed E-state index contributed by atoms with van der Waals surface area (Å²) in [4.78, 5) is 4.57. The summed E-state index contributed by atoms with van der Waals surface area (Å²) in [5.41, 5.74) is 2.10. The van der Waals surface area contributed by atoms with E-state index in [0.29, 0.717) is 13.2 Å². The average molecular weight is 308 g/mol. The second-order valence-electron chi connectivity index (χ2n) is 5.22. The fourth-order valence-corrected chi connectivity index (χ4v) is 2.37. The Labute approximate surface area is 136 Å². The summed E-state index contributed by atoms with van der Waals surface area (Å²) in [6, 6.07) is 20.1. The molecule has 0 aliphatic rings. The maximum Gasteiger partial charge on any atom is 0.126 e. The Morgan fingerprint density at radius 1 is 1.00 bits per heavy atom. The van der Waals surface area contributed by atoms with Gasteiger partial charge in [-0.1, -0.05) is 30.3 Å². The number of rotatable bonds is 7. The summed E-state index contributed by atoms with van der Waals surface area (Å²) in [6.45, 7) is 1.91. The van der Waals surface area contributed by atoms with E-state index in [-0.39, 0.29) is 0 Å². The number of methoxy groups -OCH3 is 1. The van der Waals surface area contributed by atoms with Crippen molar-refractivity contribution < 1.29 is 9.47 Å². The topological polar surface area (TPSA) is 43.4 Å². The molecule has 118 valence electrons. The molecule has 0 unspecified atom stereocenters. The summed E-state index contributed by atoms with van der Waals surface area (Å²) in [5, 5.41) is 4.43. The molecule has 0 bridgehead atoms. The number of benzene rings is 2. The highest BCUT2D eigenvalue weighted by molar-refractivity contribution is 5.79. The van der Waals surface area contributed by atoms with Crippen LogP contribution in [0.1, 0.15) is 5.56 Å². The van der Waals surface area contributed by atoms with E-state index in [4.69, 9.17) is 9.47 Å². The lowest BCUT2D eigenvalue weighted by Gasteiger charge is -2.08. The highest BCUT2D eigenvalue weighted by Crippen LogP contribution is 2.15. The maximum absolute atomic E-state index is 5.68. The molecule has 1 aromatic heterocycles.